The van der Waals surface area contributed by atoms with Gasteiger partial charge in [-0.05, 0) is 72.8 Å². The van der Waals surface area contributed by atoms with Crippen LogP contribution in [0.1, 0.15) is 29.7 Å². The fraction of sp³-hybridized carbons (Fsp3) is 0.286. The molecule has 0 bridgehead atoms. The quantitative estimate of drug-likeness (QED) is 0.437. The molecule has 2 aromatic carbocycles. The average Bonchev–Trinajstić information content (AvgIpc) is 3.20. The summed E-state index contributed by atoms with van der Waals surface area (Å²) >= 11 is 0. The van der Waals surface area contributed by atoms with E-state index in [4.69, 9.17) is 0 Å². The third-order valence-corrected chi connectivity index (χ3v) is 6.66. The summed E-state index contributed by atoms with van der Waals surface area (Å²) < 4.78 is 16.1. The van der Waals surface area contributed by atoms with Gasteiger partial charge in [-0.2, -0.15) is 0 Å². The number of aromatic nitrogens is 2. The number of para-hydroxylation sites is 1. The maximum atomic E-state index is 13.8. The van der Waals surface area contributed by atoms with Gasteiger partial charge in [0.2, 0.25) is 5.91 Å². The Bertz CT molecular complexity index is 1260. The molecular weight excluding hydrogens is 427 g/mol. The van der Waals surface area contributed by atoms with Gasteiger partial charge in [0.05, 0.1) is 0 Å². The van der Waals surface area contributed by atoms with E-state index in [-0.39, 0.29) is 17.6 Å². The fourth-order valence-corrected chi connectivity index (χ4v) is 4.82. The van der Waals surface area contributed by atoms with Crippen LogP contribution >= 0.6 is 0 Å². The molecule has 0 atom stereocenters. The zero-order chi connectivity index (χ0) is 23.3. The number of carbonyl (C=O) groups is 1. The van der Waals surface area contributed by atoms with Crippen molar-refractivity contribution in [1.29, 1.82) is 0 Å². The summed E-state index contributed by atoms with van der Waals surface area (Å²) in [6, 6.07) is 21.3. The van der Waals surface area contributed by atoms with Crippen LogP contribution in [0.3, 0.4) is 0 Å². The summed E-state index contributed by atoms with van der Waals surface area (Å²) in [4.78, 5) is 19.2. The van der Waals surface area contributed by atoms with E-state index in [9.17, 15) is 9.18 Å². The lowest BCUT2D eigenvalue weighted by molar-refractivity contribution is -0.126. The summed E-state index contributed by atoms with van der Waals surface area (Å²) in [5, 5.41) is 4.25. The van der Waals surface area contributed by atoms with Crippen molar-refractivity contribution in [2.24, 2.45) is 5.92 Å². The largest absolute Gasteiger partial charge is 0.352 e. The van der Waals surface area contributed by atoms with E-state index in [0.29, 0.717) is 13.1 Å². The predicted molar refractivity (Wildman–Crippen MR) is 132 cm³/mol. The molecule has 5 nitrogen and oxygen atoms in total. The third kappa shape index (κ3) is 5.18. The van der Waals surface area contributed by atoms with Gasteiger partial charge in [0.1, 0.15) is 5.82 Å². The molecule has 34 heavy (non-hydrogen) atoms. The highest BCUT2D eigenvalue weighted by Crippen LogP contribution is 2.25. The zero-order valence-electron chi connectivity index (χ0n) is 19.2. The lowest BCUT2D eigenvalue weighted by Gasteiger charge is -2.31. The van der Waals surface area contributed by atoms with Crippen LogP contribution in [-0.4, -0.2) is 33.4 Å². The highest BCUT2D eigenvalue weighted by molar-refractivity contribution is 5.81. The predicted octanol–water partition coefficient (Wildman–Crippen LogP) is 4.75. The van der Waals surface area contributed by atoms with Crippen molar-refractivity contribution in [3.05, 3.63) is 102 Å². The van der Waals surface area contributed by atoms with Crippen molar-refractivity contribution in [3.8, 4) is 0 Å². The molecule has 5 rings (SSSR count). The molecule has 3 heterocycles. The lowest BCUT2D eigenvalue weighted by atomic mass is 9.95. The molecule has 0 saturated carbocycles. The van der Waals surface area contributed by atoms with Crippen LogP contribution in [0.4, 0.5) is 4.39 Å². The van der Waals surface area contributed by atoms with E-state index in [2.05, 4.69) is 38.0 Å². The van der Waals surface area contributed by atoms with Crippen LogP contribution in [0.15, 0.2) is 79.1 Å². The van der Waals surface area contributed by atoms with Gasteiger partial charge in [-0.15, -0.1) is 0 Å². The number of amides is 1. The minimum absolute atomic E-state index is 0.0473. The first-order valence-electron chi connectivity index (χ1n) is 11.9. The molecule has 6 heteroatoms. The van der Waals surface area contributed by atoms with Gasteiger partial charge in [-0.3, -0.25) is 14.7 Å². The Hall–Kier alpha value is -3.51. The lowest BCUT2D eigenvalue weighted by Crippen LogP contribution is -2.40. The minimum atomic E-state index is -0.209. The molecule has 0 radical (unpaired) electrons. The van der Waals surface area contributed by atoms with E-state index in [0.717, 1.165) is 49.1 Å². The van der Waals surface area contributed by atoms with Crippen LogP contribution in [0.25, 0.3) is 10.9 Å². The standard InChI is InChI=1S/C28H29FN4O/c29-25-8-3-5-21(15-25)19-33-26(16-24-7-1-2-9-27(24)33)20-32-13-10-23(11-14-32)28(34)31-18-22-6-4-12-30-17-22/h1-9,12,15-17,23H,10-11,13-14,18-20H2,(H,31,34). The maximum Gasteiger partial charge on any atom is 0.223 e. The number of nitrogens with one attached hydrogen (secondary N) is 1. The number of likely N-dealkylation sites (tertiary alicyclic amines) is 1. The van der Waals surface area contributed by atoms with Gasteiger partial charge < -0.3 is 9.88 Å². The summed E-state index contributed by atoms with van der Waals surface area (Å²) in [5.41, 5.74) is 4.34. The van der Waals surface area contributed by atoms with Gasteiger partial charge in [0.15, 0.2) is 0 Å². The molecule has 1 aliphatic heterocycles. The molecule has 0 unspecified atom stereocenters. The zero-order valence-corrected chi connectivity index (χ0v) is 19.2. The number of carbonyl (C=O) groups excluding carboxylic acids is 1. The Morgan fingerprint density at radius 1 is 0.971 bits per heavy atom. The smallest absolute Gasteiger partial charge is 0.223 e. The third-order valence-electron chi connectivity index (χ3n) is 6.66. The number of pyridine rings is 1. The van der Waals surface area contributed by atoms with Crippen molar-refractivity contribution in [1.82, 2.24) is 19.8 Å². The molecule has 0 aliphatic carbocycles. The SMILES string of the molecule is O=C(NCc1cccnc1)C1CCN(Cc2cc3ccccc3n2Cc2cccc(F)c2)CC1. The normalized spacial score (nSPS) is 15.0. The number of fused-ring (bicyclic) bond motifs is 1. The van der Waals surface area contributed by atoms with Crippen LogP contribution < -0.4 is 5.32 Å². The van der Waals surface area contributed by atoms with Crippen molar-refractivity contribution < 1.29 is 9.18 Å². The van der Waals surface area contributed by atoms with E-state index >= 15 is 0 Å². The second-order valence-electron chi connectivity index (χ2n) is 9.04. The van der Waals surface area contributed by atoms with Crippen LogP contribution in [0.2, 0.25) is 0 Å². The molecule has 174 valence electrons. The molecule has 0 spiro atoms. The Labute approximate surface area is 199 Å². The number of rotatable bonds is 7. The van der Waals surface area contributed by atoms with Crippen molar-refractivity contribution in [2.45, 2.75) is 32.5 Å². The second kappa shape index (κ2) is 10.2. The maximum absolute atomic E-state index is 13.8. The molecule has 1 fully saturated rings. The molecule has 1 N–H and O–H groups in total. The van der Waals surface area contributed by atoms with Gasteiger partial charge in [0, 0.05) is 49.2 Å². The molecule has 4 aromatic rings. The topological polar surface area (TPSA) is 50.2 Å². The number of nitrogens with zero attached hydrogens (tertiary/aromatic N) is 3. The molecule has 2 aromatic heterocycles. The van der Waals surface area contributed by atoms with Gasteiger partial charge >= 0.3 is 0 Å². The van der Waals surface area contributed by atoms with E-state index in [1.807, 2.05) is 30.3 Å². The molecule has 1 saturated heterocycles. The summed E-state index contributed by atoms with van der Waals surface area (Å²) in [7, 11) is 0. The van der Waals surface area contributed by atoms with Gasteiger partial charge in [-0.25, -0.2) is 4.39 Å². The average molecular weight is 457 g/mol. The first-order chi connectivity index (χ1) is 16.7. The van der Waals surface area contributed by atoms with E-state index < -0.39 is 0 Å². The van der Waals surface area contributed by atoms with Gasteiger partial charge in [0.25, 0.3) is 0 Å². The summed E-state index contributed by atoms with van der Waals surface area (Å²) in [5.74, 6) is -0.0332. The number of halogens is 1. The summed E-state index contributed by atoms with van der Waals surface area (Å²) in [6.07, 6.45) is 5.22. The Balaban J connectivity index is 1.23. The molecular formula is C28H29FN4O. The Morgan fingerprint density at radius 2 is 1.79 bits per heavy atom. The number of hydrogen-bond acceptors (Lipinski definition) is 3. The van der Waals surface area contributed by atoms with Crippen LogP contribution in [0, 0.1) is 11.7 Å². The second-order valence-corrected chi connectivity index (χ2v) is 9.04. The number of benzene rings is 2. The Morgan fingerprint density at radius 3 is 2.59 bits per heavy atom. The van der Waals surface area contributed by atoms with Crippen LogP contribution in [0.5, 0.6) is 0 Å². The van der Waals surface area contributed by atoms with Crippen molar-refractivity contribution in [2.75, 3.05) is 13.1 Å². The highest BCUT2D eigenvalue weighted by atomic mass is 19.1. The number of hydrogen-bond donors (Lipinski definition) is 1. The van der Waals surface area contributed by atoms with Crippen LogP contribution in [-0.2, 0) is 24.4 Å². The highest BCUT2D eigenvalue weighted by Gasteiger charge is 2.25. The van der Waals surface area contributed by atoms with E-state index in [1.54, 1.807) is 24.5 Å². The minimum Gasteiger partial charge on any atom is -0.352 e. The summed E-state index contributed by atoms with van der Waals surface area (Å²) in [6.45, 7) is 3.73. The monoisotopic (exact) mass is 456 g/mol. The number of piperidine rings is 1. The Kier molecular flexibility index (Phi) is 6.67. The first kappa shape index (κ1) is 22.3. The van der Waals surface area contributed by atoms with Gasteiger partial charge in [-0.1, -0.05) is 36.4 Å². The fourth-order valence-electron chi connectivity index (χ4n) is 4.82. The van der Waals surface area contributed by atoms with Crippen molar-refractivity contribution >= 4 is 16.8 Å². The first-order valence-corrected chi connectivity index (χ1v) is 11.9. The molecule has 1 aliphatic rings. The van der Waals surface area contributed by atoms with E-state index in [1.165, 1.54) is 17.1 Å². The van der Waals surface area contributed by atoms with Crippen molar-refractivity contribution in [3.63, 3.8) is 0 Å². The molecule has 1 amide bonds.